The molecule has 0 aromatic heterocycles. The van der Waals surface area contributed by atoms with Crippen LogP contribution in [0.3, 0.4) is 0 Å². The molecular formula is C33H39F. The van der Waals surface area contributed by atoms with Crippen LogP contribution in [0.1, 0.15) is 88.2 Å². The smallest absolute Gasteiger partial charge is 0.131 e. The number of halogens is 1. The van der Waals surface area contributed by atoms with Gasteiger partial charge in [0.25, 0.3) is 0 Å². The minimum absolute atomic E-state index is 0.147. The summed E-state index contributed by atoms with van der Waals surface area (Å²) in [7, 11) is 0. The van der Waals surface area contributed by atoms with Crippen molar-refractivity contribution in [3.63, 3.8) is 0 Å². The van der Waals surface area contributed by atoms with Crippen molar-refractivity contribution in [2.75, 3.05) is 0 Å². The van der Waals surface area contributed by atoms with Crippen LogP contribution in [0.4, 0.5) is 4.39 Å². The minimum Gasteiger partial charge on any atom is -0.206 e. The Morgan fingerprint density at radius 3 is 1.91 bits per heavy atom. The van der Waals surface area contributed by atoms with Crippen LogP contribution in [-0.2, 0) is 6.42 Å². The maximum atomic E-state index is 15.0. The quantitative estimate of drug-likeness (QED) is 0.347. The molecule has 0 bridgehead atoms. The molecule has 0 spiro atoms. The summed E-state index contributed by atoms with van der Waals surface area (Å²) in [5.74, 6) is 2.53. The van der Waals surface area contributed by atoms with Crippen LogP contribution in [0.2, 0.25) is 0 Å². The van der Waals surface area contributed by atoms with Gasteiger partial charge in [-0.15, -0.1) is 0 Å². The fourth-order valence-corrected chi connectivity index (χ4v) is 6.55. The zero-order valence-corrected chi connectivity index (χ0v) is 20.7. The molecule has 0 atom stereocenters. The molecule has 3 aromatic carbocycles. The Hall–Kier alpha value is -2.41. The van der Waals surface area contributed by atoms with Crippen molar-refractivity contribution in [3.8, 4) is 22.3 Å². The van der Waals surface area contributed by atoms with Gasteiger partial charge in [0, 0.05) is 5.56 Å². The van der Waals surface area contributed by atoms with Crippen LogP contribution in [0.15, 0.2) is 66.7 Å². The van der Waals surface area contributed by atoms with Crippen LogP contribution in [0, 0.1) is 17.7 Å². The average Bonchev–Trinajstić information content (AvgIpc) is 2.90. The number of aryl methyl sites for hydroxylation is 1. The lowest BCUT2D eigenvalue weighted by Gasteiger charge is -2.36. The highest BCUT2D eigenvalue weighted by Gasteiger charge is 2.29. The van der Waals surface area contributed by atoms with Gasteiger partial charge in [0.2, 0.25) is 0 Å². The van der Waals surface area contributed by atoms with Crippen molar-refractivity contribution < 1.29 is 4.39 Å². The third-order valence-corrected chi connectivity index (χ3v) is 8.58. The fraction of sp³-hybridized carbons (Fsp3) is 0.455. The van der Waals surface area contributed by atoms with Gasteiger partial charge >= 0.3 is 0 Å². The molecule has 0 unspecified atom stereocenters. The van der Waals surface area contributed by atoms with Gasteiger partial charge in [-0.3, -0.25) is 0 Å². The monoisotopic (exact) mass is 454 g/mol. The molecule has 0 saturated heterocycles. The van der Waals surface area contributed by atoms with E-state index in [4.69, 9.17) is 0 Å². The van der Waals surface area contributed by atoms with Crippen LogP contribution in [-0.4, -0.2) is 0 Å². The zero-order valence-electron chi connectivity index (χ0n) is 20.7. The summed E-state index contributed by atoms with van der Waals surface area (Å²) in [6, 6.07) is 23.0. The van der Waals surface area contributed by atoms with Gasteiger partial charge in [-0.2, -0.15) is 0 Å². The first kappa shape index (κ1) is 23.3. The Kier molecular flexibility index (Phi) is 7.48. The maximum absolute atomic E-state index is 15.0. The predicted octanol–water partition coefficient (Wildman–Crippen LogP) is 9.97. The van der Waals surface area contributed by atoms with E-state index >= 15 is 4.39 Å². The summed E-state index contributed by atoms with van der Waals surface area (Å²) in [4.78, 5) is 0. The van der Waals surface area contributed by atoms with Crippen LogP contribution >= 0.6 is 0 Å². The Labute approximate surface area is 205 Å². The largest absolute Gasteiger partial charge is 0.206 e. The second-order valence-corrected chi connectivity index (χ2v) is 10.8. The van der Waals surface area contributed by atoms with Crippen LogP contribution in [0.25, 0.3) is 22.3 Å². The summed E-state index contributed by atoms with van der Waals surface area (Å²) in [6.45, 7) is 2.18. The first-order chi connectivity index (χ1) is 16.7. The van der Waals surface area contributed by atoms with E-state index in [1.807, 2.05) is 18.2 Å². The standard InChI is InChI=1S/C33H39F/c1-2-6-24-9-11-30(12-10-24)32-22-21-31(23-33(32)34)29-19-17-28(18-20-29)27-15-13-26(14-16-27)25-7-4-3-5-8-25/h9-12,17-23,25-27H,2-8,13-16H2,1H3. The van der Waals surface area contributed by atoms with Crippen molar-refractivity contribution in [3.05, 3.63) is 83.7 Å². The average molecular weight is 455 g/mol. The number of hydrogen-bond donors (Lipinski definition) is 0. The first-order valence-corrected chi connectivity index (χ1v) is 13.7. The molecular weight excluding hydrogens is 415 g/mol. The molecule has 34 heavy (non-hydrogen) atoms. The summed E-state index contributed by atoms with van der Waals surface area (Å²) in [5.41, 5.74) is 6.46. The molecule has 5 rings (SSSR count). The van der Waals surface area contributed by atoms with E-state index in [1.165, 1.54) is 68.9 Å². The molecule has 2 fully saturated rings. The Morgan fingerprint density at radius 2 is 1.26 bits per heavy atom. The van der Waals surface area contributed by atoms with E-state index in [2.05, 4.69) is 49.4 Å². The van der Waals surface area contributed by atoms with Crippen LogP contribution in [0.5, 0.6) is 0 Å². The zero-order chi connectivity index (χ0) is 23.3. The van der Waals surface area contributed by atoms with Crippen molar-refractivity contribution >= 4 is 0 Å². The molecule has 0 heterocycles. The van der Waals surface area contributed by atoms with Gasteiger partial charge in [0.05, 0.1) is 0 Å². The Bertz CT molecular complexity index is 1050. The topological polar surface area (TPSA) is 0 Å². The van der Waals surface area contributed by atoms with Crippen LogP contribution < -0.4 is 0 Å². The molecule has 0 nitrogen and oxygen atoms in total. The van der Waals surface area contributed by atoms with E-state index in [1.54, 1.807) is 6.07 Å². The lowest BCUT2D eigenvalue weighted by atomic mass is 9.70. The molecule has 178 valence electrons. The van der Waals surface area contributed by atoms with E-state index in [9.17, 15) is 0 Å². The summed E-state index contributed by atoms with van der Waals surface area (Å²) >= 11 is 0. The molecule has 0 N–H and O–H groups in total. The SMILES string of the molecule is CCCc1ccc(-c2ccc(-c3ccc(C4CCC(C5CCCCC5)CC4)cc3)cc2F)cc1. The molecule has 0 aliphatic heterocycles. The Balaban J connectivity index is 1.23. The van der Waals surface area contributed by atoms with Gasteiger partial charge < -0.3 is 0 Å². The number of benzene rings is 3. The fourth-order valence-electron chi connectivity index (χ4n) is 6.55. The molecule has 2 saturated carbocycles. The highest BCUT2D eigenvalue weighted by Crippen LogP contribution is 2.43. The summed E-state index contributed by atoms with van der Waals surface area (Å²) in [6.07, 6.45) is 15.0. The maximum Gasteiger partial charge on any atom is 0.131 e. The van der Waals surface area contributed by atoms with Crippen molar-refractivity contribution in [1.29, 1.82) is 0 Å². The van der Waals surface area contributed by atoms with Gasteiger partial charge in [-0.05, 0) is 83.7 Å². The summed E-state index contributed by atoms with van der Waals surface area (Å²) < 4.78 is 15.0. The normalized spacial score (nSPS) is 21.5. The lowest BCUT2D eigenvalue weighted by Crippen LogP contribution is -2.23. The van der Waals surface area contributed by atoms with Gasteiger partial charge in [-0.1, -0.05) is 106 Å². The van der Waals surface area contributed by atoms with Crippen molar-refractivity contribution in [1.82, 2.24) is 0 Å². The summed E-state index contributed by atoms with van der Waals surface area (Å²) in [5, 5.41) is 0. The van der Waals surface area contributed by atoms with Crippen molar-refractivity contribution in [2.24, 2.45) is 11.8 Å². The third-order valence-electron chi connectivity index (χ3n) is 8.58. The molecule has 2 aliphatic carbocycles. The number of rotatable bonds is 6. The van der Waals surface area contributed by atoms with E-state index in [0.717, 1.165) is 41.4 Å². The minimum atomic E-state index is -0.147. The third kappa shape index (κ3) is 5.29. The predicted molar refractivity (Wildman–Crippen MR) is 143 cm³/mol. The number of hydrogen-bond acceptors (Lipinski definition) is 0. The highest BCUT2D eigenvalue weighted by atomic mass is 19.1. The van der Waals surface area contributed by atoms with Gasteiger partial charge in [0.15, 0.2) is 0 Å². The van der Waals surface area contributed by atoms with E-state index in [0.29, 0.717) is 11.5 Å². The highest BCUT2D eigenvalue weighted by molar-refractivity contribution is 5.71. The molecule has 1 heteroatoms. The molecule has 3 aromatic rings. The molecule has 2 aliphatic rings. The van der Waals surface area contributed by atoms with Gasteiger partial charge in [-0.25, -0.2) is 4.39 Å². The van der Waals surface area contributed by atoms with Crippen molar-refractivity contribution in [2.45, 2.75) is 83.5 Å². The second kappa shape index (κ2) is 10.9. The Morgan fingerprint density at radius 1 is 0.647 bits per heavy atom. The molecule has 0 amide bonds. The van der Waals surface area contributed by atoms with E-state index < -0.39 is 0 Å². The second-order valence-electron chi connectivity index (χ2n) is 10.8. The first-order valence-electron chi connectivity index (χ1n) is 13.7. The van der Waals surface area contributed by atoms with E-state index in [-0.39, 0.29) is 5.82 Å². The van der Waals surface area contributed by atoms with Gasteiger partial charge in [0.1, 0.15) is 5.82 Å². The molecule has 0 radical (unpaired) electrons. The lowest BCUT2D eigenvalue weighted by molar-refractivity contribution is 0.186.